The molecular weight excluding hydrogens is 462 g/mol. The summed E-state index contributed by atoms with van der Waals surface area (Å²) in [5, 5.41) is 12.9. The molecule has 4 rings (SSSR count). The SMILES string of the molecule is Cc1ccc(S(=O)(=O)OC[C@H]2O[C@@H](n3ccc(NC(=O)c4ccccc4)nc3=O)C[C@@H]2O)cc1. The van der Waals surface area contributed by atoms with Crippen molar-refractivity contribution in [1.82, 2.24) is 9.55 Å². The maximum atomic E-state index is 12.5. The van der Waals surface area contributed by atoms with Gasteiger partial charge in [-0.05, 0) is 37.3 Å². The third-order valence-electron chi connectivity index (χ3n) is 5.32. The Bertz CT molecular complexity index is 1320. The molecule has 2 heterocycles. The van der Waals surface area contributed by atoms with Gasteiger partial charge in [0.2, 0.25) is 0 Å². The lowest BCUT2D eigenvalue weighted by molar-refractivity contribution is -0.0399. The van der Waals surface area contributed by atoms with Crippen LogP contribution in [-0.2, 0) is 19.0 Å². The lowest BCUT2D eigenvalue weighted by Crippen LogP contribution is -2.29. The molecule has 2 N–H and O–H groups in total. The quantitative estimate of drug-likeness (QED) is 0.484. The number of carbonyl (C=O) groups excluding carboxylic acids is 1. The molecule has 0 bridgehead atoms. The standard InChI is InChI=1S/C23H23N3O7S/c1-15-7-9-17(10-8-15)34(30,31)32-14-19-18(27)13-21(33-19)26-12-11-20(25-23(26)29)24-22(28)16-5-3-2-4-6-16/h2-12,18-19,21,27H,13-14H2,1H3,(H,24,25,28,29)/t18-,19+,21+/m0/s1. The van der Waals surface area contributed by atoms with Gasteiger partial charge in [-0.3, -0.25) is 13.5 Å². The number of hydrogen-bond donors (Lipinski definition) is 2. The van der Waals surface area contributed by atoms with Crippen LogP contribution in [0.2, 0.25) is 0 Å². The number of aliphatic hydroxyl groups is 1. The van der Waals surface area contributed by atoms with E-state index in [1.807, 2.05) is 6.92 Å². The minimum Gasteiger partial charge on any atom is -0.390 e. The normalized spacial score (nSPS) is 20.2. The number of carbonyl (C=O) groups is 1. The van der Waals surface area contributed by atoms with Gasteiger partial charge >= 0.3 is 5.69 Å². The molecule has 3 aromatic rings. The molecule has 1 fully saturated rings. The summed E-state index contributed by atoms with van der Waals surface area (Å²) in [6, 6.07) is 16.1. The highest BCUT2D eigenvalue weighted by atomic mass is 32.2. The number of amides is 1. The zero-order valence-electron chi connectivity index (χ0n) is 18.2. The van der Waals surface area contributed by atoms with Crippen molar-refractivity contribution in [3.8, 4) is 0 Å². The second-order valence-electron chi connectivity index (χ2n) is 7.81. The van der Waals surface area contributed by atoms with Crippen LogP contribution in [0.1, 0.15) is 28.6 Å². The Kier molecular flexibility index (Phi) is 6.89. The van der Waals surface area contributed by atoms with Crippen molar-refractivity contribution in [2.24, 2.45) is 0 Å². The molecule has 1 saturated heterocycles. The van der Waals surface area contributed by atoms with Crippen LogP contribution < -0.4 is 11.0 Å². The highest BCUT2D eigenvalue weighted by Gasteiger charge is 2.37. The average molecular weight is 486 g/mol. The lowest BCUT2D eigenvalue weighted by Gasteiger charge is -2.16. The van der Waals surface area contributed by atoms with Crippen molar-refractivity contribution in [2.45, 2.75) is 36.7 Å². The maximum Gasteiger partial charge on any atom is 0.351 e. The van der Waals surface area contributed by atoms with Gasteiger partial charge in [-0.2, -0.15) is 13.4 Å². The van der Waals surface area contributed by atoms with Gasteiger partial charge in [0.15, 0.2) is 0 Å². The van der Waals surface area contributed by atoms with Crippen molar-refractivity contribution in [3.05, 3.63) is 88.5 Å². The van der Waals surface area contributed by atoms with E-state index < -0.39 is 46.8 Å². The number of nitrogens with zero attached hydrogens (tertiary/aromatic N) is 2. The van der Waals surface area contributed by atoms with Gasteiger partial charge in [-0.15, -0.1) is 0 Å². The van der Waals surface area contributed by atoms with Crippen molar-refractivity contribution < 1.29 is 27.2 Å². The maximum absolute atomic E-state index is 12.5. The molecule has 1 aliphatic rings. The zero-order valence-corrected chi connectivity index (χ0v) is 19.0. The van der Waals surface area contributed by atoms with Crippen molar-refractivity contribution in [2.75, 3.05) is 11.9 Å². The van der Waals surface area contributed by atoms with E-state index in [0.717, 1.165) is 10.1 Å². The smallest absolute Gasteiger partial charge is 0.351 e. The Hall–Kier alpha value is -3.38. The van der Waals surface area contributed by atoms with Gasteiger partial charge in [0, 0.05) is 18.2 Å². The molecule has 0 unspecified atom stereocenters. The Balaban J connectivity index is 1.39. The molecule has 1 aliphatic heterocycles. The minimum atomic E-state index is -4.03. The molecule has 0 spiro atoms. The second kappa shape index (κ2) is 9.85. The van der Waals surface area contributed by atoms with Crippen LogP contribution in [-0.4, -0.2) is 47.8 Å². The third-order valence-corrected chi connectivity index (χ3v) is 6.61. The van der Waals surface area contributed by atoms with Crippen LogP contribution in [0.5, 0.6) is 0 Å². The fourth-order valence-corrected chi connectivity index (χ4v) is 4.36. The Morgan fingerprint density at radius 2 is 1.88 bits per heavy atom. The molecule has 1 amide bonds. The fourth-order valence-electron chi connectivity index (χ4n) is 3.44. The Labute approximate surface area is 195 Å². The summed E-state index contributed by atoms with van der Waals surface area (Å²) in [6.07, 6.45) is -1.46. The van der Waals surface area contributed by atoms with Crippen molar-refractivity contribution >= 4 is 21.8 Å². The molecule has 0 saturated carbocycles. The molecule has 2 aromatic carbocycles. The Morgan fingerprint density at radius 3 is 2.56 bits per heavy atom. The summed E-state index contributed by atoms with van der Waals surface area (Å²) in [6.45, 7) is 1.42. The van der Waals surface area contributed by atoms with Crippen LogP contribution in [0.4, 0.5) is 5.82 Å². The number of anilines is 1. The fraction of sp³-hybridized carbons (Fsp3) is 0.261. The highest BCUT2D eigenvalue weighted by molar-refractivity contribution is 7.86. The molecule has 1 aromatic heterocycles. The van der Waals surface area contributed by atoms with E-state index in [-0.39, 0.29) is 17.1 Å². The first kappa shape index (κ1) is 23.8. The first-order valence-corrected chi connectivity index (χ1v) is 11.9. The van der Waals surface area contributed by atoms with E-state index in [1.54, 1.807) is 42.5 Å². The second-order valence-corrected chi connectivity index (χ2v) is 9.42. The van der Waals surface area contributed by atoms with E-state index in [9.17, 15) is 23.1 Å². The first-order valence-electron chi connectivity index (χ1n) is 10.5. The predicted octanol–water partition coefficient (Wildman–Crippen LogP) is 1.86. The summed E-state index contributed by atoms with van der Waals surface area (Å²) >= 11 is 0. The molecule has 178 valence electrons. The minimum absolute atomic E-state index is 0.00399. The average Bonchev–Trinajstić information content (AvgIpc) is 3.19. The van der Waals surface area contributed by atoms with Crippen LogP contribution in [0.15, 0.2) is 76.6 Å². The number of rotatable bonds is 7. The van der Waals surface area contributed by atoms with E-state index in [1.165, 1.54) is 24.4 Å². The molecule has 0 aliphatic carbocycles. The largest absolute Gasteiger partial charge is 0.390 e. The topological polar surface area (TPSA) is 137 Å². The summed E-state index contributed by atoms with van der Waals surface area (Å²) in [7, 11) is -4.03. The molecule has 3 atom stereocenters. The third kappa shape index (κ3) is 5.39. The van der Waals surface area contributed by atoms with Crippen molar-refractivity contribution in [3.63, 3.8) is 0 Å². The van der Waals surface area contributed by atoms with Gasteiger partial charge in [-0.25, -0.2) is 4.79 Å². The molecule has 10 nitrogen and oxygen atoms in total. The number of nitrogens with one attached hydrogen (secondary N) is 1. The van der Waals surface area contributed by atoms with Crippen LogP contribution in [0, 0.1) is 6.92 Å². The van der Waals surface area contributed by atoms with Gasteiger partial charge in [-0.1, -0.05) is 35.9 Å². The van der Waals surface area contributed by atoms with E-state index >= 15 is 0 Å². The van der Waals surface area contributed by atoms with E-state index in [2.05, 4.69) is 10.3 Å². The monoisotopic (exact) mass is 485 g/mol. The summed E-state index contributed by atoms with van der Waals surface area (Å²) < 4.78 is 36.7. The van der Waals surface area contributed by atoms with Crippen LogP contribution in [0.25, 0.3) is 0 Å². The number of aromatic nitrogens is 2. The van der Waals surface area contributed by atoms with Gasteiger partial charge < -0.3 is 15.2 Å². The summed E-state index contributed by atoms with van der Waals surface area (Å²) in [5.74, 6) is -0.345. The molecular formula is C23H23N3O7S. The number of hydrogen-bond acceptors (Lipinski definition) is 8. The van der Waals surface area contributed by atoms with E-state index in [4.69, 9.17) is 8.92 Å². The first-order chi connectivity index (χ1) is 16.2. The zero-order chi connectivity index (χ0) is 24.3. The van der Waals surface area contributed by atoms with Crippen LogP contribution >= 0.6 is 0 Å². The van der Waals surface area contributed by atoms with Gasteiger partial charge in [0.25, 0.3) is 16.0 Å². The Morgan fingerprint density at radius 1 is 1.18 bits per heavy atom. The van der Waals surface area contributed by atoms with Gasteiger partial charge in [0.05, 0.1) is 17.6 Å². The summed E-state index contributed by atoms with van der Waals surface area (Å²) in [4.78, 5) is 28.6. The number of ether oxygens (including phenoxy) is 1. The molecule has 34 heavy (non-hydrogen) atoms. The van der Waals surface area contributed by atoms with Crippen molar-refractivity contribution in [1.29, 1.82) is 0 Å². The number of benzene rings is 2. The van der Waals surface area contributed by atoms with Crippen LogP contribution in [0.3, 0.4) is 0 Å². The number of aryl methyl sites for hydroxylation is 1. The molecule has 0 radical (unpaired) electrons. The lowest BCUT2D eigenvalue weighted by atomic mass is 10.2. The summed E-state index contributed by atoms with van der Waals surface area (Å²) in [5.41, 5.74) is 0.622. The highest BCUT2D eigenvalue weighted by Crippen LogP contribution is 2.28. The van der Waals surface area contributed by atoms with E-state index in [0.29, 0.717) is 5.56 Å². The molecule has 11 heteroatoms. The predicted molar refractivity (Wildman–Crippen MR) is 122 cm³/mol. The number of aliphatic hydroxyl groups excluding tert-OH is 1. The van der Waals surface area contributed by atoms with Gasteiger partial charge in [0.1, 0.15) is 18.1 Å².